The van der Waals surface area contributed by atoms with Gasteiger partial charge in [-0.15, -0.1) is 0 Å². The molecule has 0 aromatic rings. The average Bonchev–Trinajstić information content (AvgIpc) is 2.98. The molecular formula is C13H13BrF4O4. The second-order valence-electron chi connectivity index (χ2n) is 5.97. The highest BCUT2D eigenvalue weighted by molar-refractivity contribution is 9.10. The van der Waals surface area contributed by atoms with Crippen LogP contribution in [0.4, 0.5) is 17.6 Å². The van der Waals surface area contributed by atoms with E-state index in [1.807, 2.05) is 0 Å². The Labute approximate surface area is 131 Å². The Balaban J connectivity index is 1.57. The van der Waals surface area contributed by atoms with Crippen molar-refractivity contribution < 1.29 is 36.6 Å². The van der Waals surface area contributed by atoms with Crippen molar-refractivity contribution in [3.05, 3.63) is 0 Å². The zero-order valence-electron chi connectivity index (χ0n) is 11.2. The van der Waals surface area contributed by atoms with E-state index in [1.165, 1.54) is 0 Å². The molecule has 2 aliphatic carbocycles. The molecule has 1 heterocycles. The molecule has 3 fully saturated rings. The number of fused-ring (bicyclic) bond motifs is 1. The summed E-state index contributed by atoms with van der Waals surface area (Å²) in [7, 11) is 0. The summed E-state index contributed by atoms with van der Waals surface area (Å²) >= 11 is 1.61. The zero-order valence-corrected chi connectivity index (χ0v) is 12.8. The third-order valence-corrected chi connectivity index (χ3v) is 5.40. The second kappa shape index (κ2) is 5.15. The summed E-state index contributed by atoms with van der Waals surface area (Å²) in [4.78, 5) is 19.6. The summed E-state index contributed by atoms with van der Waals surface area (Å²) in [5.41, 5.74) is 0. The Bertz CT molecular complexity index is 507. The summed E-state index contributed by atoms with van der Waals surface area (Å²) in [6.45, 7) is -0.556. The van der Waals surface area contributed by atoms with Gasteiger partial charge in [0.15, 0.2) is 5.78 Å². The lowest BCUT2D eigenvalue weighted by Crippen LogP contribution is -2.39. The monoisotopic (exact) mass is 388 g/mol. The van der Waals surface area contributed by atoms with Crippen LogP contribution in [0, 0.1) is 23.7 Å². The second-order valence-corrected chi connectivity index (χ2v) is 6.97. The highest BCUT2D eigenvalue weighted by atomic mass is 79.9. The molecule has 0 amide bonds. The van der Waals surface area contributed by atoms with Gasteiger partial charge in [0.2, 0.25) is 0 Å². The molecule has 5 atom stereocenters. The molecule has 0 N–H and O–H groups in total. The maximum absolute atomic E-state index is 13.1. The van der Waals surface area contributed by atoms with Gasteiger partial charge in [0.1, 0.15) is 6.10 Å². The Morgan fingerprint density at radius 1 is 1.32 bits per heavy atom. The number of rotatable bonds is 5. The first-order chi connectivity index (χ1) is 10.1. The van der Waals surface area contributed by atoms with Crippen molar-refractivity contribution in [3.63, 3.8) is 0 Å². The van der Waals surface area contributed by atoms with Crippen LogP contribution in [0.15, 0.2) is 0 Å². The van der Waals surface area contributed by atoms with Crippen LogP contribution in [-0.4, -0.2) is 41.8 Å². The molecule has 0 aromatic carbocycles. The first-order valence-electron chi connectivity index (χ1n) is 6.90. The largest absolute Gasteiger partial charge is 0.465 e. The molecule has 9 heteroatoms. The lowest BCUT2D eigenvalue weighted by atomic mass is 9.80. The van der Waals surface area contributed by atoms with Gasteiger partial charge >= 0.3 is 16.7 Å². The van der Waals surface area contributed by atoms with Gasteiger partial charge < -0.3 is 9.47 Å². The molecule has 0 spiro atoms. The van der Waals surface area contributed by atoms with Crippen molar-refractivity contribution in [2.75, 3.05) is 13.2 Å². The molecule has 2 bridgehead atoms. The van der Waals surface area contributed by atoms with Gasteiger partial charge in [-0.2, -0.15) is 17.6 Å². The lowest BCUT2D eigenvalue weighted by molar-refractivity contribution is -0.170. The van der Waals surface area contributed by atoms with Crippen LogP contribution >= 0.6 is 15.9 Å². The zero-order chi connectivity index (χ0) is 16.3. The van der Waals surface area contributed by atoms with Crippen LogP contribution < -0.4 is 0 Å². The van der Waals surface area contributed by atoms with Gasteiger partial charge in [0.05, 0.1) is 25.6 Å². The van der Waals surface area contributed by atoms with Crippen molar-refractivity contribution in [1.82, 2.24) is 0 Å². The Morgan fingerprint density at radius 2 is 2.00 bits per heavy atom. The summed E-state index contributed by atoms with van der Waals surface area (Å²) in [6.07, 6.45) is -1.20. The highest BCUT2D eigenvalue weighted by Gasteiger charge is 2.64. The van der Waals surface area contributed by atoms with E-state index in [0.29, 0.717) is 6.42 Å². The highest BCUT2D eigenvalue weighted by Crippen LogP contribution is 2.55. The molecule has 5 unspecified atom stereocenters. The van der Waals surface area contributed by atoms with Crippen LogP contribution in [0.2, 0.25) is 0 Å². The fraction of sp³-hybridized carbons (Fsp3) is 0.846. The molecular weight excluding hydrogens is 376 g/mol. The fourth-order valence-electron chi connectivity index (χ4n) is 3.75. The van der Waals surface area contributed by atoms with Crippen molar-refractivity contribution in [3.8, 4) is 0 Å². The molecule has 2 saturated carbocycles. The first kappa shape index (κ1) is 16.2. The summed E-state index contributed by atoms with van der Waals surface area (Å²) < 4.78 is 61.4. The molecule has 1 aliphatic heterocycles. The Hall–Kier alpha value is -0.700. The SMILES string of the molecule is O=C1C2CC3C1OCC3C2C(=O)OCCC(F)(F)C(F)(F)Br. The number of Topliss-reactive ketones (excluding diaryl/α,β-unsaturated/α-hetero) is 1. The number of ether oxygens (including phenoxy) is 2. The minimum atomic E-state index is -4.36. The van der Waals surface area contributed by atoms with Gasteiger partial charge in [-0.1, -0.05) is 0 Å². The molecule has 3 rings (SSSR count). The van der Waals surface area contributed by atoms with Crippen LogP contribution in [0.25, 0.3) is 0 Å². The van der Waals surface area contributed by atoms with Gasteiger partial charge in [-0.05, 0) is 28.3 Å². The summed E-state index contributed by atoms with van der Waals surface area (Å²) in [6, 6.07) is 0. The number of carbonyl (C=O) groups excluding carboxylic acids is 2. The topological polar surface area (TPSA) is 52.6 Å². The number of halogens is 5. The van der Waals surface area contributed by atoms with E-state index in [2.05, 4.69) is 0 Å². The average molecular weight is 389 g/mol. The number of hydrogen-bond donors (Lipinski definition) is 0. The third-order valence-electron chi connectivity index (χ3n) is 4.82. The fourth-order valence-corrected chi connectivity index (χ4v) is 3.95. The minimum absolute atomic E-state index is 0.0108. The van der Waals surface area contributed by atoms with Crippen LogP contribution in [0.5, 0.6) is 0 Å². The maximum atomic E-state index is 13.1. The number of hydrogen-bond acceptors (Lipinski definition) is 4. The van der Waals surface area contributed by atoms with E-state index in [-0.39, 0.29) is 24.2 Å². The normalized spacial score (nSPS) is 37.0. The Morgan fingerprint density at radius 3 is 2.64 bits per heavy atom. The van der Waals surface area contributed by atoms with E-state index in [4.69, 9.17) is 9.47 Å². The maximum Gasteiger partial charge on any atom is 0.363 e. The van der Waals surface area contributed by atoms with Crippen molar-refractivity contribution in [2.45, 2.75) is 29.7 Å². The summed E-state index contributed by atoms with van der Waals surface area (Å²) in [5, 5.41) is 0. The van der Waals surface area contributed by atoms with E-state index in [9.17, 15) is 27.2 Å². The van der Waals surface area contributed by atoms with Crippen LogP contribution in [-0.2, 0) is 19.1 Å². The third kappa shape index (κ3) is 2.36. The molecule has 124 valence electrons. The van der Waals surface area contributed by atoms with E-state index < -0.39 is 47.7 Å². The van der Waals surface area contributed by atoms with E-state index in [0.717, 1.165) is 0 Å². The molecule has 4 nitrogen and oxygen atoms in total. The standard InChI is InChI=1S/C13H13BrF4O4/c14-13(17,18)12(15,16)1-2-21-11(20)8-6-3-5-7(8)4-22-10(5)9(6)19/h5-8,10H,1-4H2. The molecule has 22 heavy (non-hydrogen) atoms. The van der Waals surface area contributed by atoms with Gasteiger partial charge in [-0.25, -0.2) is 0 Å². The van der Waals surface area contributed by atoms with Crippen molar-refractivity contribution in [1.29, 1.82) is 0 Å². The summed E-state index contributed by atoms with van der Waals surface area (Å²) in [5.74, 6) is -6.58. The smallest absolute Gasteiger partial charge is 0.363 e. The van der Waals surface area contributed by atoms with Gasteiger partial charge in [-0.3, -0.25) is 9.59 Å². The predicted molar refractivity (Wildman–Crippen MR) is 67.7 cm³/mol. The molecule has 3 aliphatic rings. The lowest BCUT2D eigenvalue weighted by Gasteiger charge is -2.25. The van der Waals surface area contributed by atoms with Crippen molar-refractivity contribution in [2.24, 2.45) is 23.7 Å². The quantitative estimate of drug-likeness (QED) is 0.412. The molecule has 0 aromatic heterocycles. The number of carbonyl (C=O) groups is 2. The number of alkyl halides is 5. The minimum Gasteiger partial charge on any atom is -0.465 e. The van der Waals surface area contributed by atoms with E-state index in [1.54, 1.807) is 15.9 Å². The molecule has 0 radical (unpaired) electrons. The van der Waals surface area contributed by atoms with Gasteiger partial charge in [0.25, 0.3) is 0 Å². The molecule has 1 saturated heterocycles. The van der Waals surface area contributed by atoms with Gasteiger partial charge in [0, 0.05) is 11.8 Å². The first-order valence-corrected chi connectivity index (χ1v) is 7.69. The van der Waals surface area contributed by atoms with Crippen LogP contribution in [0.3, 0.4) is 0 Å². The predicted octanol–water partition coefficient (Wildman–Crippen LogP) is 2.39. The van der Waals surface area contributed by atoms with Crippen LogP contribution in [0.1, 0.15) is 12.8 Å². The van der Waals surface area contributed by atoms with E-state index >= 15 is 0 Å². The Kier molecular flexibility index (Phi) is 3.79. The number of ketones is 1. The number of esters is 1. The van der Waals surface area contributed by atoms with Crippen molar-refractivity contribution >= 4 is 27.7 Å².